The van der Waals surface area contributed by atoms with Crippen LogP contribution in [0, 0.1) is 6.92 Å². The summed E-state index contributed by atoms with van der Waals surface area (Å²) in [6, 6.07) is 13.7. The normalized spacial score (nSPS) is 10.8. The van der Waals surface area contributed by atoms with Crippen molar-refractivity contribution in [3.05, 3.63) is 59.5 Å². The van der Waals surface area contributed by atoms with Crippen LogP contribution in [0.25, 0.3) is 22.0 Å². The molecular formula is C17H14N6OS. The van der Waals surface area contributed by atoms with Gasteiger partial charge in [-0.2, -0.15) is 4.98 Å². The smallest absolute Gasteiger partial charge is 0.258 e. The number of benzene rings is 1. The number of hydrogen-bond donors (Lipinski definition) is 1. The zero-order chi connectivity index (χ0) is 17.1. The maximum atomic E-state index is 5.18. The summed E-state index contributed by atoms with van der Waals surface area (Å²) in [4.78, 5) is 8.53. The molecule has 0 unspecified atom stereocenters. The van der Waals surface area contributed by atoms with Crippen LogP contribution >= 0.6 is 11.3 Å². The van der Waals surface area contributed by atoms with Crippen molar-refractivity contribution >= 4 is 17.2 Å². The van der Waals surface area contributed by atoms with E-state index in [9.17, 15) is 0 Å². The molecule has 1 N–H and O–H groups in total. The monoisotopic (exact) mass is 350 g/mol. The van der Waals surface area contributed by atoms with E-state index in [0.29, 0.717) is 24.1 Å². The van der Waals surface area contributed by atoms with Crippen molar-refractivity contribution in [1.82, 2.24) is 25.3 Å². The van der Waals surface area contributed by atoms with Gasteiger partial charge < -0.3 is 9.84 Å². The highest BCUT2D eigenvalue weighted by Gasteiger charge is 2.09. The van der Waals surface area contributed by atoms with Crippen molar-refractivity contribution in [1.29, 1.82) is 0 Å². The van der Waals surface area contributed by atoms with Crippen molar-refractivity contribution in [2.24, 2.45) is 0 Å². The summed E-state index contributed by atoms with van der Waals surface area (Å²) in [6.45, 7) is 2.33. The van der Waals surface area contributed by atoms with Crippen molar-refractivity contribution in [2.45, 2.75) is 13.5 Å². The van der Waals surface area contributed by atoms with Crippen molar-refractivity contribution in [3.63, 3.8) is 0 Å². The molecule has 0 fully saturated rings. The first-order valence-corrected chi connectivity index (χ1v) is 8.48. The second kappa shape index (κ2) is 6.78. The highest BCUT2D eigenvalue weighted by molar-refractivity contribution is 7.14. The molecular weight excluding hydrogens is 336 g/mol. The summed E-state index contributed by atoms with van der Waals surface area (Å²) in [5, 5.41) is 17.3. The molecule has 0 spiro atoms. The molecule has 0 radical (unpaired) electrons. The lowest BCUT2D eigenvalue weighted by Crippen LogP contribution is -2.01. The standard InChI is InChI=1S/C17H14N6OS/c1-11-20-16(24-23-11)13-7-8-18-14(9-13)19-10-15-21-22-17(25-15)12-5-3-2-4-6-12/h2-9H,10H2,1H3,(H,18,19). The Bertz CT molecular complexity index is 981. The van der Waals surface area contributed by atoms with Gasteiger partial charge in [-0.25, -0.2) is 4.98 Å². The molecule has 4 rings (SSSR count). The van der Waals surface area contributed by atoms with Crippen molar-refractivity contribution in [2.75, 3.05) is 5.32 Å². The quantitative estimate of drug-likeness (QED) is 0.588. The van der Waals surface area contributed by atoms with Crippen LogP contribution in [0.5, 0.6) is 0 Å². The molecule has 0 aliphatic rings. The van der Waals surface area contributed by atoms with Gasteiger partial charge in [-0.05, 0) is 19.1 Å². The Labute approximate surface area is 147 Å². The number of pyridine rings is 1. The predicted molar refractivity (Wildman–Crippen MR) is 94.9 cm³/mol. The lowest BCUT2D eigenvalue weighted by molar-refractivity contribution is 0.425. The van der Waals surface area contributed by atoms with Gasteiger partial charge >= 0.3 is 0 Å². The van der Waals surface area contributed by atoms with E-state index >= 15 is 0 Å². The lowest BCUT2D eigenvalue weighted by Gasteiger charge is -2.03. The summed E-state index contributed by atoms with van der Waals surface area (Å²) in [5.74, 6) is 1.79. The average molecular weight is 350 g/mol. The number of anilines is 1. The second-order valence-electron chi connectivity index (χ2n) is 5.30. The Kier molecular flexibility index (Phi) is 4.17. The van der Waals surface area contributed by atoms with E-state index in [-0.39, 0.29) is 0 Å². The lowest BCUT2D eigenvalue weighted by atomic mass is 10.2. The molecule has 4 aromatic rings. The SMILES string of the molecule is Cc1noc(-c2ccnc(NCc3nnc(-c4ccccc4)s3)c2)n1. The molecule has 3 heterocycles. The molecule has 0 saturated carbocycles. The summed E-state index contributed by atoms with van der Waals surface area (Å²) in [6.07, 6.45) is 1.70. The summed E-state index contributed by atoms with van der Waals surface area (Å²) in [7, 11) is 0. The Balaban J connectivity index is 1.46. The fourth-order valence-electron chi connectivity index (χ4n) is 2.26. The van der Waals surface area contributed by atoms with Gasteiger partial charge in [0.15, 0.2) is 5.82 Å². The maximum absolute atomic E-state index is 5.18. The zero-order valence-corrected chi connectivity index (χ0v) is 14.2. The first-order chi connectivity index (χ1) is 12.3. The molecule has 3 aromatic heterocycles. The minimum absolute atomic E-state index is 0.477. The molecule has 0 aliphatic heterocycles. The van der Waals surface area contributed by atoms with Crippen LogP contribution in [0.4, 0.5) is 5.82 Å². The van der Waals surface area contributed by atoms with Gasteiger partial charge in [0.05, 0.1) is 6.54 Å². The van der Waals surface area contributed by atoms with Gasteiger partial charge in [-0.1, -0.05) is 46.8 Å². The molecule has 0 amide bonds. The first-order valence-electron chi connectivity index (χ1n) is 7.66. The van der Waals surface area contributed by atoms with Gasteiger partial charge in [0.25, 0.3) is 5.89 Å². The van der Waals surface area contributed by atoms with E-state index in [1.807, 2.05) is 42.5 Å². The molecule has 25 heavy (non-hydrogen) atoms. The molecule has 7 nitrogen and oxygen atoms in total. The van der Waals surface area contributed by atoms with Crippen LogP contribution in [0.1, 0.15) is 10.8 Å². The third-order valence-corrected chi connectivity index (χ3v) is 4.42. The topological polar surface area (TPSA) is 89.6 Å². The fourth-order valence-corrected chi connectivity index (χ4v) is 3.05. The molecule has 124 valence electrons. The first kappa shape index (κ1) is 15.4. The van der Waals surface area contributed by atoms with Crippen LogP contribution in [0.15, 0.2) is 53.2 Å². The zero-order valence-electron chi connectivity index (χ0n) is 13.4. The molecule has 1 aromatic carbocycles. The third-order valence-electron chi connectivity index (χ3n) is 3.44. The summed E-state index contributed by atoms with van der Waals surface area (Å²) >= 11 is 1.56. The van der Waals surface area contributed by atoms with Gasteiger partial charge in [0.2, 0.25) is 0 Å². The Morgan fingerprint density at radius 1 is 1.08 bits per heavy atom. The highest BCUT2D eigenvalue weighted by Crippen LogP contribution is 2.24. The van der Waals surface area contributed by atoms with Crippen LogP contribution in [0.2, 0.25) is 0 Å². The number of aryl methyl sites for hydroxylation is 1. The van der Waals surface area contributed by atoms with E-state index in [1.165, 1.54) is 0 Å². The van der Waals surface area contributed by atoms with E-state index in [4.69, 9.17) is 4.52 Å². The summed E-state index contributed by atoms with van der Waals surface area (Å²) < 4.78 is 5.18. The largest absolute Gasteiger partial charge is 0.363 e. The van der Waals surface area contributed by atoms with E-state index < -0.39 is 0 Å². The van der Waals surface area contributed by atoms with Gasteiger partial charge in [-0.15, -0.1) is 10.2 Å². The van der Waals surface area contributed by atoms with E-state index in [1.54, 1.807) is 24.5 Å². The van der Waals surface area contributed by atoms with Crippen LogP contribution in [-0.2, 0) is 6.54 Å². The number of hydrogen-bond acceptors (Lipinski definition) is 8. The Hall–Kier alpha value is -3.13. The number of nitrogens with one attached hydrogen (secondary N) is 1. The average Bonchev–Trinajstić information content (AvgIpc) is 3.30. The maximum Gasteiger partial charge on any atom is 0.258 e. The number of nitrogens with zero attached hydrogens (tertiary/aromatic N) is 5. The fraction of sp³-hybridized carbons (Fsp3) is 0.118. The van der Waals surface area contributed by atoms with Crippen LogP contribution in [-0.4, -0.2) is 25.3 Å². The molecule has 0 bridgehead atoms. The molecule has 0 atom stereocenters. The van der Waals surface area contributed by atoms with Gasteiger partial charge in [-0.3, -0.25) is 0 Å². The van der Waals surface area contributed by atoms with Crippen LogP contribution in [0.3, 0.4) is 0 Å². The van der Waals surface area contributed by atoms with E-state index in [0.717, 1.165) is 21.1 Å². The van der Waals surface area contributed by atoms with E-state index in [2.05, 4.69) is 30.6 Å². The molecule has 0 aliphatic carbocycles. The van der Waals surface area contributed by atoms with Crippen LogP contribution < -0.4 is 5.32 Å². The predicted octanol–water partition coefficient (Wildman–Crippen LogP) is 3.57. The van der Waals surface area contributed by atoms with Crippen molar-refractivity contribution in [3.8, 4) is 22.0 Å². The second-order valence-corrected chi connectivity index (χ2v) is 6.36. The Morgan fingerprint density at radius 3 is 2.76 bits per heavy atom. The van der Waals surface area contributed by atoms with Gasteiger partial charge in [0.1, 0.15) is 15.8 Å². The minimum atomic E-state index is 0.477. The molecule has 8 heteroatoms. The number of aromatic nitrogens is 5. The van der Waals surface area contributed by atoms with Gasteiger partial charge in [0, 0.05) is 17.3 Å². The Morgan fingerprint density at radius 2 is 1.96 bits per heavy atom. The highest BCUT2D eigenvalue weighted by atomic mass is 32.1. The molecule has 0 saturated heterocycles. The third kappa shape index (κ3) is 3.53. The summed E-state index contributed by atoms with van der Waals surface area (Å²) in [5.41, 5.74) is 1.89. The number of rotatable bonds is 5. The minimum Gasteiger partial charge on any atom is -0.363 e. The van der Waals surface area contributed by atoms with Crippen molar-refractivity contribution < 1.29 is 4.52 Å².